The summed E-state index contributed by atoms with van der Waals surface area (Å²) in [6.45, 7) is 1.79. The Morgan fingerprint density at radius 3 is 2.94 bits per heavy atom. The minimum Gasteiger partial charge on any atom is -0.381 e. The first-order valence-electron chi connectivity index (χ1n) is 5.72. The van der Waals surface area contributed by atoms with Crippen molar-refractivity contribution in [3.63, 3.8) is 0 Å². The van der Waals surface area contributed by atoms with Gasteiger partial charge in [-0.15, -0.1) is 0 Å². The predicted molar refractivity (Wildman–Crippen MR) is 71.4 cm³/mol. The van der Waals surface area contributed by atoms with Gasteiger partial charge in [-0.2, -0.15) is 0 Å². The second-order valence-corrected chi connectivity index (χ2v) is 5.87. The van der Waals surface area contributed by atoms with E-state index in [1.165, 1.54) is 18.4 Å². The molecule has 1 aromatic rings. The zero-order chi connectivity index (χ0) is 11.4. The first-order valence-corrected chi connectivity index (χ1v) is 7.02. The summed E-state index contributed by atoms with van der Waals surface area (Å²) in [6.07, 6.45) is 3.41. The van der Waals surface area contributed by atoms with Crippen LogP contribution in [0.1, 0.15) is 18.4 Å². The minimum atomic E-state index is 0.465. The first kappa shape index (κ1) is 12.4. The Hall–Kier alpha value is -0.0500. The maximum Gasteiger partial charge on any atom is 0.0505 e. The highest BCUT2D eigenvalue weighted by atomic mass is 79.9. The van der Waals surface area contributed by atoms with Crippen LogP contribution in [-0.2, 0) is 11.2 Å². The molecule has 1 nitrogen and oxygen atoms in total. The molecule has 1 aliphatic heterocycles. The third-order valence-electron chi connectivity index (χ3n) is 3.08. The van der Waals surface area contributed by atoms with Crippen molar-refractivity contribution >= 4 is 27.5 Å². The molecule has 1 saturated heterocycles. The Morgan fingerprint density at radius 1 is 1.44 bits per heavy atom. The highest BCUT2D eigenvalue weighted by Crippen LogP contribution is 2.27. The van der Waals surface area contributed by atoms with Crippen molar-refractivity contribution in [1.29, 1.82) is 0 Å². The number of hydrogen-bond acceptors (Lipinski definition) is 1. The van der Waals surface area contributed by atoms with Crippen LogP contribution in [0, 0.1) is 5.92 Å². The van der Waals surface area contributed by atoms with E-state index in [0.29, 0.717) is 10.7 Å². The summed E-state index contributed by atoms with van der Waals surface area (Å²) in [5, 5.41) is 0.865. The van der Waals surface area contributed by atoms with Gasteiger partial charge in [0.05, 0.1) is 6.61 Å². The molecule has 1 aromatic carbocycles. The molecule has 0 N–H and O–H groups in total. The Bertz CT molecular complexity index is 336. The molecular weight excluding hydrogens is 287 g/mol. The van der Waals surface area contributed by atoms with Crippen LogP contribution >= 0.6 is 27.5 Å². The summed E-state index contributed by atoms with van der Waals surface area (Å²) < 4.78 is 5.51. The summed E-state index contributed by atoms with van der Waals surface area (Å²) in [4.78, 5) is 0.465. The van der Waals surface area contributed by atoms with Crippen molar-refractivity contribution in [2.24, 2.45) is 5.92 Å². The Morgan fingerprint density at radius 2 is 2.25 bits per heavy atom. The molecule has 1 fully saturated rings. The topological polar surface area (TPSA) is 9.23 Å². The molecule has 2 rings (SSSR count). The Balaban J connectivity index is 1.96. The van der Waals surface area contributed by atoms with Gasteiger partial charge in [0.1, 0.15) is 0 Å². The summed E-state index contributed by atoms with van der Waals surface area (Å²) in [5.41, 5.74) is 1.22. The third kappa shape index (κ3) is 3.22. The van der Waals surface area contributed by atoms with Crippen LogP contribution in [0.4, 0.5) is 0 Å². The molecule has 0 aliphatic carbocycles. The van der Waals surface area contributed by atoms with Crippen LogP contribution < -0.4 is 0 Å². The molecule has 0 spiro atoms. The largest absolute Gasteiger partial charge is 0.381 e. The summed E-state index contributed by atoms with van der Waals surface area (Å²) >= 11 is 9.93. The molecule has 88 valence electrons. The third-order valence-corrected chi connectivity index (χ3v) is 4.52. The van der Waals surface area contributed by atoms with E-state index in [0.717, 1.165) is 24.7 Å². The SMILES string of the molecule is Clc1ccccc1CC(Br)C1CCCOC1. The van der Waals surface area contributed by atoms with Gasteiger partial charge in [-0.1, -0.05) is 45.7 Å². The fourth-order valence-electron chi connectivity index (χ4n) is 2.09. The van der Waals surface area contributed by atoms with Crippen molar-refractivity contribution in [2.45, 2.75) is 24.1 Å². The van der Waals surface area contributed by atoms with Crippen molar-refractivity contribution < 1.29 is 4.74 Å². The number of halogens is 2. The molecule has 0 radical (unpaired) electrons. The number of benzene rings is 1. The maximum atomic E-state index is 6.16. The van der Waals surface area contributed by atoms with E-state index in [1.54, 1.807) is 0 Å². The Labute approximate surface area is 110 Å². The van der Waals surface area contributed by atoms with Crippen LogP contribution in [0.5, 0.6) is 0 Å². The van der Waals surface area contributed by atoms with Gasteiger partial charge in [-0.05, 0) is 36.8 Å². The molecule has 2 unspecified atom stereocenters. The van der Waals surface area contributed by atoms with Gasteiger partial charge in [0.15, 0.2) is 0 Å². The van der Waals surface area contributed by atoms with Crippen LogP contribution in [0.15, 0.2) is 24.3 Å². The molecule has 0 amide bonds. The fourth-order valence-corrected chi connectivity index (χ4v) is 3.07. The van der Waals surface area contributed by atoms with Crippen LogP contribution in [-0.4, -0.2) is 18.0 Å². The molecule has 0 saturated carbocycles. The quantitative estimate of drug-likeness (QED) is 0.765. The lowest BCUT2D eigenvalue weighted by molar-refractivity contribution is 0.0547. The smallest absolute Gasteiger partial charge is 0.0505 e. The molecule has 1 heterocycles. The maximum absolute atomic E-state index is 6.16. The number of hydrogen-bond donors (Lipinski definition) is 0. The van der Waals surface area contributed by atoms with Crippen molar-refractivity contribution in [3.05, 3.63) is 34.9 Å². The molecule has 1 aliphatic rings. The highest BCUT2D eigenvalue weighted by Gasteiger charge is 2.22. The van der Waals surface area contributed by atoms with E-state index in [9.17, 15) is 0 Å². The zero-order valence-electron chi connectivity index (χ0n) is 9.16. The van der Waals surface area contributed by atoms with E-state index in [4.69, 9.17) is 16.3 Å². The lowest BCUT2D eigenvalue weighted by atomic mass is 9.94. The van der Waals surface area contributed by atoms with Crippen molar-refractivity contribution in [3.8, 4) is 0 Å². The Kier molecular flexibility index (Phi) is 4.68. The van der Waals surface area contributed by atoms with E-state index in [1.807, 2.05) is 18.2 Å². The lowest BCUT2D eigenvalue weighted by Crippen LogP contribution is -2.26. The average Bonchev–Trinajstić information content (AvgIpc) is 2.33. The summed E-state index contributed by atoms with van der Waals surface area (Å²) in [7, 11) is 0. The number of rotatable bonds is 3. The van der Waals surface area contributed by atoms with Gasteiger partial charge in [0.25, 0.3) is 0 Å². The average molecular weight is 304 g/mol. The fraction of sp³-hybridized carbons (Fsp3) is 0.538. The normalized spacial score (nSPS) is 23.0. The minimum absolute atomic E-state index is 0.465. The number of ether oxygens (including phenoxy) is 1. The van der Waals surface area contributed by atoms with Gasteiger partial charge in [-0.25, -0.2) is 0 Å². The van der Waals surface area contributed by atoms with E-state index >= 15 is 0 Å². The van der Waals surface area contributed by atoms with Crippen LogP contribution in [0.25, 0.3) is 0 Å². The molecule has 3 heteroatoms. The second-order valence-electron chi connectivity index (χ2n) is 4.29. The van der Waals surface area contributed by atoms with Gasteiger partial charge < -0.3 is 4.74 Å². The second kappa shape index (κ2) is 6.04. The van der Waals surface area contributed by atoms with Crippen LogP contribution in [0.2, 0.25) is 5.02 Å². The van der Waals surface area contributed by atoms with Gasteiger partial charge >= 0.3 is 0 Å². The highest BCUT2D eigenvalue weighted by molar-refractivity contribution is 9.09. The summed E-state index contributed by atoms with van der Waals surface area (Å²) in [6, 6.07) is 8.06. The monoisotopic (exact) mass is 302 g/mol. The van der Waals surface area contributed by atoms with Gasteiger partial charge in [-0.3, -0.25) is 0 Å². The van der Waals surface area contributed by atoms with Gasteiger partial charge in [0, 0.05) is 16.5 Å². The van der Waals surface area contributed by atoms with E-state index in [-0.39, 0.29) is 0 Å². The van der Waals surface area contributed by atoms with Gasteiger partial charge in [0.2, 0.25) is 0 Å². The molecule has 2 atom stereocenters. The lowest BCUT2D eigenvalue weighted by Gasteiger charge is -2.26. The molecule has 0 bridgehead atoms. The summed E-state index contributed by atoms with van der Waals surface area (Å²) in [5.74, 6) is 0.616. The molecular formula is C13H16BrClO. The number of alkyl halides is 1. The first-order chi connectivity index (χ1) is 7.77. The van der Waals surface area contributed by atoms with Crippen molar-refractivity contribution in [1.82, 2.24) is 0 Å². The van der Waals surface area contributed by atoms with E-state index in [2.05, 4.69) is 22.0 Å². The molecule has 0 aromatic heterocycles. The van der Waals surface area contributed by atoms with Crippen LogP contribution in [0.3, 0.4) is 0 Å². The van der Waals surface area contributed by atoms with Crippen molar-refractivity contribution in [2.75, 3.05) is 13.2 Å². The van der Waals surface area contributed by atoms with E-state index < -0.39 is 0 Å². The predicted octanol–water partition coefficient (Wildman–Crippen LogP) is 4.07. The zero-order valence-corrected chi connectivity index (χ0v) is 11.5. The molecule has 16 heavy (non-hydrogen) atoms. The standard InChI is InChI=1S/C13H16BrClO/c14-12(11-5-3-7-16-9-11)8-10-4-1-2-6-13(10)15/h1-2,4,6,11-12H,3,5,7-9H2.